The summed E-state index contributed by atoms with van der Waals surface area (Å²) < 4.78 is 2.96. The predicted octanol–water partition coefficient (Wildman–Crippen LogP) is 2.77. The first-order chi connectivity index (χ1) is 10.2. The van der Waals surface area contributed by atoms with Gasteiger partial charge in [-0.2, -0.15) is 0 Å². The lowest BCUT2D eigenvalue weighted by Crippen LogP contribution is -2.32. The minimum atomic E-state index is -0.265. The Balaban J connectivity index is 2.14. The molecule has 0 aliphatic heterocycles. The second-order valence-electron chi connectivity index (χ2n) is 4.72. The summed E-state index contributed by atoms with van der Waals surface area (Å²) in [6, 6.07) is 9.80. The first-order valence-corrected chi connectivity index (χ1v) is 7.56. The van der Waals surface area contributed by atoms with E-state index in [0.717, 1.165) is 33.4 Å². The number of halogens is 1. The number of nitrogens with two attached hydrogens (primary N) is 1. The molecule has 3 rings (SSSR count). The van der Waals surface area contributed by atoms with Crippen molar-refractivity contribution >= 4 is 26.8 Å². The molecule has 1 aromatic carbocycles. The molecule has 0 aliphatic carbocycles. The smallest absolute Gasteiger partial charge is 0.133 e. The van der Waals surface area contributed by atoms with Crippen LogP contribution >= 0.6 is 15.9 Å². The number of hydrazine groups is 1. The Bertz CT molecular complexity index is 768. The molecule has 0 aliphatic rings. The highest BCUT2D eigenvalue weighted by Gasteiger charge is 2.21. The maximum absolute atomic E-state index is 5.77. The van der Waals surface area contributed by atoms with Crippen LogP contribution < -0.4 is 11.3 Å². The maximum atomic E-state index is 5.77. The van der Waals surface area contributed by atoms with Crippen LogP contribution in [0.3, 0.4) is 0 Å². The van der Waals surface area contributed by atoms with E-state index in [-0.39, 0.29) is 6.04 Å². The molecule has 0 saturated heterocycles. The van der Waals surface area contributed by atoms with Crippen molar-refractivity contribution in [1.82, 2.24) is 20.0 Å². The number of benzene rings is 1. The van der Waals surface area contributed by atoms with Gasteiger partial charge >= 0.3 is 0 Å². The Kier molecular flexibility index (Phi) is 4.01. The van der Waals surface area contributed by atoms with E-state index in [1.165, 1.54) is 0 Å². The number of aryl methyl sites for hydroxylation is 1. The third kappa shape index (κ3) is 2.57. The predicted molar refractivity (Wildman–Crippen MR) is 86.5 cm³/mol. The SMILES string of the molecule is CCn1ccnc1C(NN)c1nc2ccccc2cc1Br. The van der Waals surface area contributed by atoms with Crippen molar-refractivity contribution in [3.63, 3.8) is 0 Å². The molecule has 5 nitrogen and oxygen atoms in total. The molecule has 3 aromatic rings. The lowest BCUT2D eigenvalue weighted by molar-refractivity contribution is 0.550. The lowest BCUT2D eigenvalue weighted by Gasteiger charge is -2.18. The Labute approximate surface area is 131 Å². The van der Waals surface area contributed by atoms with Crippen LogP contribution in [0.5, 0.6) is 0 Å². The van der Waals surface area contributed by atoms with Gasteiger partial charge in [0.05, 0.1) is 11.2 Å². The fraction of sp³-hybridized carbons (Fsp3) is 0.200. The summed E-state index contributed by atoms with van der Waals surface area (Å²) in [4.78, 5) is 9.15. The van der Waals surface area contributed by atoms with Gasteiger partial charge in [0.2, 0.25) is 0 Å². The van der Waals surface area contributed by atoms with Gasteiger partial charge in [0.15, 0.2) is 0 Å². The molecule has 0 saturated carbocycles. The van der Waals surface area contributed by atoms with E-state index in [2.05, 4.69) is 39.3 Å². The van der Waals surface area contributed by atoms with Gasteiger partial charge in [-0.15, -0.1) is 0 Å². The average molecular weight is 346 g/mol. The third-order valence-electron chi connectivity index (χ3n) is 3.49. The topological polar surface area (TPSA) is 68.8 Å². The molecule has 1 unspecified atom stereocenters. The zero-order valence-electron chi connectivity index (χ0n) is 11.6. The van der Waals surface area contributed by atoms with E-state index in [0.29, 0.717) is 0 Å². The summed E-state index contributed by atoms with van der Waals surface area (Å²) in [5, 5.41) is 1.09. The summed E-state index contributed by atoms with van der Waals surface area (Å²) in [5.74, 6) is 6.62. The molecule has 2 aromatic heterocycles. The van der Waals surface area contributed by atoms with Gasteiger partial charge in [-0.05, 0) is 35.0 Å². The molecule has 6 heteroatoms. The van der Waals surface area contributed by atoms with Crippen molar-refractivity contribution in [2.24, 2.45) is 5.84 Å². The van der Waals surface area contributed by atoms with E-state index in [9.17, 15) is 0 Å². The number of hydrogen-bond acceptors (Lipinski definition) is 4. The Morgan fingerprint density at radius 3 is 2.95 bits per heavy atom. The number of imidazole rings is 1. The van der Waals surface area contributed by atoms with E-state index in [4.69, 9.17) is 10.8 Å². The molecule has 2 heterocycles. The van der Waals surface area contributed by atoms with E-state index >= 15 is 0 Å². The van der Waals surface area contributed by atoms with Gasteiger partial charge in [0, 0.05) is 28.8 Å². The third-order valence-corrected chi connectivity index (χ3v) is 4.13. The molecule has 0 spiro atoms. The molecular weight excluding hydrogens is 330 g/mol. The van der Waals surface area contributed by atoms with Crippen LogP contribution in [0.1, 0.15) is 24.5 Å². The second kappa shape index (κ2) is 5.93. The minimum absolute atomic E-state index is 0.265. The Morgan fingerprint density at radius 1 is 1.38 bits per heavy atom. The van der Waals surface area contributed by atoms with Gasteiger partial charge < -0.3 is 4.57 Å². The number of fused-ring (bicyclic) bond motifs is 1. The van der Waals surface area contributed by atoms with Crippen LogP contribution in [0.4, 0.5) is 0 Å². The molecule has 108 valence electrons. The van der Waals surface area contributed by atoms with Crippen molar-refractivity contribution in [1.29, 1.82) is 0 Å². The minimum Gasteiger partial charge on any atom is -0.334 e. The molecule has 0 bridgehead atoms. The lowest BCUT2D eigenvalue weighted by atomic mass is 10.1. The van der Waals surface area contributed by atoms with Crippen LogP contribution in [0.25, 0.3) is 10.9 Å². The summed E-state index contributed by atoms with van der Waals surface area (Å²) in [6.07, 6.45) is 3.72. The van der Waals surface area contributed by atoms with Crippen LogP contribution in [-0.4, -0.2) is 14.5 Å². The summed E-state index contributed by atoms with van der Waals surface area (Å²) >= 11 is 3.60. The highest BCUT2D eigenvalue weighted by atomic mass is 79.9. The van der Waals surface area contributed by atoms with Crippen LogP contribution in [0.15, 0.2) is 47.2 Å². The fourth-order valence-corrected chi connectivity index (χ4v) is 3.00. The number of para-hydroxylation sites is 1. The largest absolute Gasteiger partial charge is 0.334 e. The van der Waals surface area contributed by atoms with Crippen molar-refractivity contribution in [3.05, 3.63) is 58.7 Å². The van der Waals surface area contributed by atoms with Crippen LogP contribution in [-0.2, 0) is 6.54 Å². The zero-order chi connectivity index (χ0) is 14.8. The zero-order valence-corrected chi connectivity index (χ0v) is 13.2. The van der Waals surface area contributed by atoms with Gasteiger partial charge in [-0.25, -0.2) is 15.4 Å². The van der Waals surface area contributed by atoms with Crippen molar-refractivity contribution in [3.8, 4) is 0 Å². The quantitative estimate of drug-likeness (QED) is 0.563. The molecule has 0 fully saturated rings. The first-order valence-electron chi connectivity index (χ1n) is 6.77. The highest BCUT2D eigenvalue weighted by Crippen LogP contribution is 2.28. The van der Waals surface area contributed by atoms with Gasteiger partial charge in [0.25, 0.3) is 0 Å². The number of nitrogens with zero attached hydrogens (tertiary/aromatic N) is 3. The normalized spacial score (nSPS) is 12.7. The Morgan fingerprint density at radius 2 is 2.19 bits per heavy atom. The fourth-order valence-electron chi connectivity index (χ4n) is 2.43. The first kappa shape index (κ1) is 14.2. The average Bonchev–Trinajstić information content (AvgIpc) is 2.97. The Hall–Kier alpha value is -1.76. The monoisotopic (exact) mass is 345 g/mol. The molecule has 0 radical (unpaired) electrons. The van der Waals surface area contributed by atoms with Crippen molar-refractivity contribution in [2.45, 2.75) is 19.5 Å². The van der Waals surface area contributed by atoms with E-state index in [1.54, 1.807) is 6.20 Å². The van der Waals surface area contributed by atoms with Crippen molar-refractivity contribution in [2.75, 3.05) is 0 Å². The summed E-state index contributed by atoms with van der Waals surface area (Å²) in [5.41, 5.74) is 4.59. The molecule has 3 N–H and O–H groups in total. The molecule has 0 amide bonds. The second-order valence-corrected chi connectivity index (χ2v) is 5.57. The summed E-state index contributed by atoms with van der Waals surface area (Å²) in [6.45, 7) is 2.90. The van der Waals surface area contributed by atoms with E-state index in [1.807, 2.05) is 35.0 Å². The summed E-state index contributed by atoms with van der Waals surface area (Å²) in [7, 11) is 0. The van der Waals surface area contributed by atoms with Gasteiger partial charge in [-0.1, -0.05) is 18.2 Å². The standard InChI is InChI=1S/C15H16BrN5/c1-2-21-8-7-18-15(21)14(20-17)13-11(16)9-10-5-3-4-6-12(10)19-13/h3-9,14,20H,2,17H2,1H3. The van der Waals surface area contributed by atoms with Gasteiger partial charge in [-0.3, -0.25) is 5.84 Å². The highest BCUT2D eigenvalue weighted by molar-refractivity contribution is 9.10. The maximum Gasteiger partial charge on any atom is 0.133 e. The number of aromatic nitrogens is 3. The van der Waals surface area contributed by atoms with Crippen LogP contribution in [0.2, 0.25) is 0 Å². The molecular formula is C15H16BrN5. The number of hydrogen-bond donors (Lipinski definition) is 2. The van der Waals surface area contributed by atoms with Gasteiger partial charge in [0.1, 0.15) is 11.9 Å². The number of rotatable bonds is 4. The molecule has 21 heavy (non-hydrogen) atoms. The number of pyridine rings is 1. The van der Waals surface area contributed by atoms with Crippen molar-refractivity contribution < 1.29 is 0 Å². The number of nitrogens with one attached hydrogen (secondary N) is 1. The van der Waals surface area contributed by atoms with E-state index < -0.39 is 0 Å². The molecule has 1 atom stereocenters. The van der Waals surface area contributed by atoms with Crippen LogP contribution in [0, 0.1) is 0 Å².